The average Bonchev–Trinajstić information content (AvgIpc) is 3.61. The van der Waals surface area contributed by atoms with Crippen LogP contribution in [-0.4, -0.2) is 17.3 Å². The van der Waals surface area contributed by atoms with Gasteiger partial charge in [0, 0.05) is 0 Å². The van der Waals surface area contributed by atoms with Crippen molar-refractivity contribution in [2.45, 2.75) is 61.5 Å². The number of carbonyl (C=O) groups is 3. The molecule has 3 nitrogen and oxygen atoms in total. The van der Waals surface area contributed by atoms with Crippen LogP contribution in [-0.2, 0) is 20.9 Å². The fourth-order valence-corrected chi connectivity index (χ4v) is 94.7. The second kappa shape index (κ2) is 1.57. The molecule has 11 rings (SSSR count). The Morgan fingerprint density at radius 1 is 0.897 bits per heavy atom. The van der Waals surface area contributed by atoms with Crippen LogP contribution in [0.1, 0.15) is 19.4 Å². The van der Waals surface area contributed by atoms with Crippen LogP contribution in [0.2, 0.25) is 47.7 Å². The monoisotopic (exact) mass is 432 g/mol. The first-order valence-corrected chi connectivity index (χ1v) is 17.0. The van der Waals surface area contributed by atoms with Gasteiger partial charge in [0.25, 0.3) is 0 Å². The Labute approximate surface area is 157 Å². The number of carbonyl (C=O) groups excluding carboxylic acids is 3. The molecule has 0 N–H and O–H groups in total. The molecule has 10 fully saturated rings. The summed E-state index contributed by atoms with van der Waals surface area (Å²) in [7, 11) is 0. The van der Waals surface area contributed by atoms with Crippen molar-refractivity contribution in [2.24, 2.45) is 5.41 Å². The molecule has 29 heavy (non-hydrogen) atoms. The second-order valence-corrected chi connectivity index (χ2v) is 37.4. The quantitative estimate of drug-likeness (QED) is 0.347. The molecule has 1 aromatic carbocycles. The third kappa shape index (κ3) is 0.240. The van der Waals surface area contributed by atoms with Crippen LogP contribution in [0.5, 0.6) is 0 Å². The van der Waals surface area contributed by atoms with E-state index in [1.54, 1.807) is 12.1 Å². The first-order chi connectivity index (χ1) is 13.5. The maximum atomic E-state index is 14.2. The van der Waals surface area contributed by atoms with Crippen LogP contribution in [0, 0.1) is 11.2 Å². The van der Waals surface area contributed by atoms with Crippen LogP contribution in [0.25, 0.3) is 5.57 Å². The Balaban J connectivity index is 1.22. The molecule has 5 heteroatoms. The number of benzene rings is 1. The zero-order chi connectivity index (χ0) is 19.8. The van der Waals surface area contributed by atoms with Crippen molar-refractivity contribution in [1.82, 2.24) is 0 Å². The molecule has 10 aliphatic rings. The Bertz CT molecular complexity index is 1550. The van der Waals surface area contributed by atoms with Gasteiger partial charge in [-0.2, -0.15) is 0 Å². The predicted molar refractivity (Wildman–Crippen MR) is 101 cm³/mol. The van der Waals surface area contributed by atoms with Gasteiger partial charge in [-0.3, -0.25) is 0 Å². The molecule has 0 bridgehead atoms. The summed E-state index contributed by atoms with van der Waals surface area (Å²) in [6.07, 6.45) is 0. The Morgan fingerprint density at radius 2 is 1.34 bits per heavy atom. The topological polar surface area (TPSA) is 51.2 Å². The number of ketones is 3. The van der Waals surface area contributed by atoms with Gasteiger partial charge in [0.05, 0.1) is 0 Å². The number of allylic oxidation sites excluding steroid dienone is 1. The van der Waals surface area contributed by atoms with Gasteiger partial charge in [-0.05, 0) is 0 Å². The van der Waals surface area contributed by atoms with Crippen molar-refractivity contribution >= 4 is 22.9 Å². The van der Waals surface area contributed by atoms with Crippen molar-refractivity contribution < 1.29 is 25.3 Å². The zero-order valence-corrected chi connectivity index (χ0v) is 17.3. The van der Waals surface area contributed by atoms with Gasteiger partial charge < -0.3 is 0 Å². The average molecular weight is 432 g/mol. The third-order valence-corrected chi connectivity index (χ3v) is 60.6. The SMILES string of the molecule is C=C(C(=O)C(C(C)=O)(C(C)=O)[C]12[CH]3[CH]4[CH]5[CH]1[Fe]45321678[CH]2[CH]1[CH]6[CH]7[CH]28)c1ccc(F)cc1. The van der Waals surface area contributed by atoms with Crippen LogP contribution >= 0.6 is 0 Å². The molecule has 0 aliphatic carbocycles. The third-order valence-electron chi connectivity index (χ3n) is 18.1. The predicted octanol–water partition coefficient (Wildman–Crippen LogP) is 5.33. The number of hydrogen-bond acceptors (Lipinski definition) is 3. The van der Waals surface area contributed by atoms with E-state index in [1.165, 1.54) is 26.0 Å². The van der Waals surface area contributed by atoms with Gasteiger partial charge in [0.15, 0.2) is 0 Å². The minimum atomic E-state index is -3.95. The number of fused-ring (bicyclic) bond motifs is 10. The molecular weight excluding hydrogens is 411 g/mol. The maximum absolute atomic E-state index is 14.2. The van der Waals surface area contributed by atoms with E-state index in [2.05, 4.69) is 6.58 Å². The van der Waals surface area contributed by atoms with E-state index < -0.39 is 11.9 Å². The van der Waals surface area contributed by atoms with Crippen molar-refractivity contribution in [2.75, 3.05) is 0 Å². The number of rotatable bonds is 6. The summed E-state index contributed by atoms with van der Waals surface area (Å²) in [5.74, 6) is -1.19. The summed E-state index contributed by atoms with van der Waals surface area (Å²) >= 11 is 0. The van der Waals surface area contributed by atoms with Crippen LogP contribution in [0.3, 0.4) is 0 Å². The van der Waals surface area contributed by atoms with Crippen molar-refractivity contribution in [3.8, 4) is 0 Å². The molecule has 1 aromatic rings. The molecule has 1 spiro atoms. The van der Waals surface area contributed by atoms with Crippen LogP contribution in [0.15, 0.2) is 30.8 Å². The van der Waals surface area contributed by atoms with Gasteiger partial charge in [0.1, 0.15) is 0 Å². The van der Waals surface area contributed by atoms with E-state index in [4.69, 9.17) is 0 Å². The molecule has 150 valence electrons. The van der Waals surface area contributed by atoms with Crippen molar-refractivity contribution in [3.05, 3.63) is 42.2 Å². The summed E-state index contributed by atoms with van der Waals surface area (Å²) in [5.41, 5.74) is -0.755. The van der Waals surface area contributed by atoms with E-state index in [0.717, 1.165) is 33.7 Å². The van der Waals surface area contributed by atoms with Crippen molar-refractivity contribution in [3.63, 3.8) is 0 Å². The van der Waals surface area contributed by atoms with E-state index >= 15 is 0 Å². The first kappa shape index (κ1) is 13.7. The van der Waals surface area contributed by atoms with Gasteiger partial charge in [-0.15, -0.1) is 0 Å². The Kier molecular flexibility index (Phi) is 0.738. The standard InChI is InChI=1S/C19H16FO3.C5H5.Fe/c1-12(15-8-10-17(20)11-9-15)18(23)19(13(2)21,14(3)22)16-6-4-5-7-16;1-2-4-5-3-1;/h4-11H,1H2,2-3H3;1-5H;. The summed E-state index contributed by atoms with van der Waals surface area (Å²) in [6.45, 7) is 3.08. The molecule has 0 amide bonds. The molecule has 10 saturated heterocycles. The molecule has 0 radical (unpaired) electrons. The van der Waals surface area contributed by atoms with Crippen LogP contribution < -0.4 is 0 Å². The molecule has 0 saturated carbocycles. The first-order valence-electron chi connectivity index (χ1n) is 10.7. The minimum absolute atomic E-state index is 0.205. The van der Waals surface area contributed by atoms with Gasteiger partial charge in [-0.25, -0.2) is 0 Å². The molecule has 4 unspecified atom stereocenters. The number of hydrogen-bond donors (Lipinski definition) is 0. The molecule has 0 aromatic heterocycles. The second-order valence-electron chi connectivity index (χ2n) is 13.9. The van der Waals surface area contributed by atoms with E-state index in [-0.39, 0.29) is 33.1 Å². The van der Waals surface area contributed by atoms with E-state index in [1.807, 2.05) is 0 Å². The van der Waals surface area contributed by atoms with Gasteiger partial charge in [0.2, 0.25) is 0 Å². The molecule has 10 heterocycles. The van der Waals surface area contributed by atoms with Gasteiger partial charge >= 0.3 is 157 Å². The Morgan fingerprint density at radius 3 is 1.66 bits per heavy atom. The Hall–Kier alpha value is -1.58. The molecule has 10 aliphatic heterocycles. The summed E-state index contributed by atoms with van der Waals surface area (Å²) < 4.78 is 13.2. The number of Topliss-reactive ketones (excluding diaryl/α,β-unsaturated/α-hetero) is 3. The van der Waals surface area contributed by atoms with Crippen LogP contribution in [0.4, 0.5) is 4.39 Å². The zero-order valence-electron chi connectivity index (χ0n) is 16.2. The van der Waals surface area contributed by atoms with Gasteiger partial charge in [-0.1, -0.05) is 0 Å². The van der Waals surface area contributed by atoms with E-state index in [0.29, 0.717) is 15.2 Å². The summed E-state index contributed by atoms with van der Waals surface area (Å²) in [5, 5.41) is 0. The van der Waals surface area contributed by atoms with Crippen molar-refractivity contribution in [1.29, 1.82) is 0 Å². The number of halogens is 1. The molecular formula is C24H21FFeO3. The fraction of sp³-hybridized carbons (Fsp3) is 0.542. The van der Waals surface area contributed by atoms with E-state index in [9.17, 15) is 18.8 Å². The normalized spacial score (nSPS) is 74.8. The molecule has 4 atom stereocenters. The fourth-order valence-electron chi connectivity index (χ4n) is 19.5. The summed E-state index contributed by atoms with van der Waals surface area (Å²) in [6, 6.07) is 5.70. The summed E-state index contributed by atoms with van der Waals surface area (Å²) in [4.78, 5) is 48.8.